The zero-order valence-electron chi connectivity index (χ0n) is 11.6. The van der Waals surface area contributed by atoms with Crippen molar-refractivity contribution in [3.05, 3.63) is 19.1 Å². The summed E-state index contributed by atoms with van der Waals surface area (Å²) < 4.78 is 0. The molecule has 0 bridgehead atoms. The molecule has 0 amide bonds. The van der Waals surface area contributed by atoms with E-state index in [1.165, 1.54) is 70.6 Å². The van der Waals surface area contributed by atoms with Crippen LogP contribution in [-0.2, 0) is 0 Å². The van der Waals surface area contributed by atoms with Gasteiger partial charge in [-0.1, -0.05) is 71.1 Å². The van der Waals surface area contributed by atoms with Crippen molar-refractivity contribution in [2.24, 2.45) is 0 Å². The van der Waals surface area contributed by atoms with E-state index in [0.717, 1.165) is 0 Å². The van der Waals surface area contributed by atoms with Crippen molar-refractivity contribution in [3.63, 3.8) is 0 Å². The maximum atomic E-state index is 3.69. The fraction of sp³-hybridized carbons (Fsp3) is 0.800. The van der Waals surface area contributed by atoms with Crippen LogP contribution in [0.25, 0.3) is 0 Å². The van der Waals surface area contributed by atoms with Crippen LogP contribution in [0, 0.1) is 6.92 Å². The quantitative estimate of drug-likeness (QED) is 0.292. The Morgan fingerprint density at radius 3 is 1.62 bits per heavy atom. The minimum Gasteiger partial charge on any atom is -0.245 e. The van der Waals surface area contributed by atoms with Gasteiger partial charge in [0.25, 0.3) is 0 Å². The number of rotatable bonds is 11. The summed E-state index contributed by atoms with van der Waals surface area (Å²) in [5.41, 5.74) is 0. The van der Waals surface area contributed by atoms with Gasteiger partial charge in [-0.25, -0.2) is 19.1 Å². The summed E-state index contributed by atoms with van der Waals surface area (Å²) >= 11 is 0. The van der Waals surface area contributed by atoms with Crippen molar-refractivity contribution < 1.29 is 29.6 Å². The summed E-state index contributed by atoms with van der Waals surface area (Å²) in [6, 6.07) is 0. The fourth-order valence-electron chi connectivity index (χ4n) is 1.87. The average Bonchev–Trinajstić information content (AvgIpc) is 2.26. The second kappa shape index (κ2) is 18.0. The van der Waals surface area contributed by atoms with Crippen molar-refractivity contribution >= 4 is 0 Å². The van der Waals surface area contributed by atoms with Gasteiger partial charge in [-0.3, -0.25) is 0 Å². The minimum absolute atomic E-state index is 0. The van der Waals surface area contributed by atoms with Crippen molar-refractivity contribution in [2.75, 3.05) is 0 Å². The largest absolute Gasteiger partial charge is 1.00 e. The molecule has 0 spiro atoms. The second-order valence-electron chi connectivity index (χ2n) is 4.44. The Morgan fingerprint density at radius 1 is 0.750 bits per heavy atom. The molecule has 0 unspecified atom stereocenters. The van der Waals surface area contributed by atoms with E-state index < -0.39 is 0 Å². The summed E-state index contributed by atoms with van der Waals surface area (Å²) in [5, 5.41) is 0. The molecule has 0 atom stereocenters. The third-order valence-corrected chi connectivity index (χ3v) is 2.89. The molecule has 90 valence electrons. The van der Waals surface area contributed by atoms with Gasteiger partial charge in [0.1, 0.15) is 0 Å². The first-order chi connectivity index (χ1) is 7.41. The second-order valence-corrected chi connectivity index (χ2v) is 4.44. The smallest absolute Gasteiger partial charge is 0.245 e. The van der Waals surface area contributed by atoms with Gasteiger partial charge in [0.15, 0.2) is 0 Å². The van der Waals surface area contributed by atoms with E-state index in [4.69, 9.17) is 0 Å². The van der Waals surface area contributed by atoms with Gasteiger partial charge >= 0.3 is 29.6 Å². The Labute approximate surface area is 126 Å². The monoisotopic (exact) mass is 232 g/mol. The first-order valence-electron chi connectivity index (χ1n) is 6.86. The molecule has 0 aliphatic carbocycles. The molecule has 0 saturated carbocycles. The van der Waals surface area contributed by atoms with E-state index in [1.54, 1.807) is 0 Å². The molecule has 0 aromatic heterocycles. The summed E-state index contributed by atoms with van der Waals surface area (Å²) in [6.07, 6.45) is 19.5. The molecule has 0 nitrogen and oxygen atoms in total. The first kappa shape index (κ1) is 19.0. The van der Waals surface area contributed by atoms with Gasteiger partial charge in [-0.15, -0.1) is 6.42 Å². The number of unbranched alkanes of at least 4 members (excludes halogenated alkanes) is 10. The Kier molecular flexibility index (Phi) is 21.3. The maximum Gasteiger partial charge on any atom is 1.00 e. The van der Waals surface area contributed by atoms with Crippen molar-refractivity contribution in [3.8, 4) is 0 Å². The summed E-state index contributed by atoms with van der Waals surface area (Å²) in [6.45, 7) is 5.97. The van der Waals surface area contributed by atoms with E-state index in [-0.39, 0.29) is 29.6 Å². The van der Waals surface area contributed by atoms with Crippen LogP contribution < -0.4 is 29.6 Å². The molecule has 0 fully saturated rings. The Balaban J connectivity index is 0. The molecule has 0 radical (unpaired) electrons. The van der Waals surface area contributed by atoms with Gasteiger partial charge in [-0.2, -0.15) is 0 Å². The molecule has 0 rings (SSSR count). The summed E-state index contributed by atoms with van der Waals surface area (Å²) in [5.74, 6) is 0. The molecule has 0 aromatic rings. The predicted molar refractivity (Wildman–Crippen MR) is 71.0 cm³/mol. The molecular formula is C15H29Na. The number of hydrogen-bond acceptors (Lipinski definition) is 0. The molecular weight excluding hydrogens is 203 g/mol. The molecule has 0 aromatic carbocycles. The normalized spacial score (nSPS) is 10.6. The van der Waals surface area contributed by atoms with Gasteiger partial charge in [0.2, 0.25) is 0 Å². The summed E-state index contributed by atoms with van der Waals surface area (Å²) in [4.78, 5) is 0. The van der Waals surface area contributed by atoms with Crippen LogP contribution in [0.5, 0.6) is 0 Å². The van der Waals surface area contributed by atoms with Crippen molar-refractivity contribution in [2.45, 2.75) is 77.6 Å². The van der Waals surface area contributed by atoms with E-state index >= 15 is 0 Å². The Bertz CT molecular complexity index is 129. The van der Waals surface area contributed by atoms with E-state index in [2.05, 4.69) is 19.9 Å². The van der Waals surface area contributed by atoms with Crippen LogP contribution >= 0.6 is 0 Å². The van der Waals surface area contributed by atoms with Crippen LogP contribution in [0.15, 0.2) is 12.2 Å². The SMILES string of the molecule is [CH2-]C=CCCCCCCCCCCCC.[Na+]. The third-order valence-electron chi connectivity index (χ3n) is 2.89. The zero-order chi connectivity index (χ0) is 11.2. The average molecular weight is 232 g/mol. The molecule has 0 saturated heterocycles. The zero-order valence-corrected chi connectivity index (χ0v) is 13.6. The van der Waals surface area contributed by atoms with Crippen LogP contribution in [0.1, 0.15) is 77.6 Å². The number of hydrogen-bond donors (Lipinski definition) is 0. The van der Waals surface area contributed by atoms with Crippen LogP contribution in [0.3, 0.4) is 0 Å². The Hall–Kier alpha value is 0.610. The molecule has 0 aliphatic heterocycles. The maximum absolute atomic E-state index is 3.69. The third kappa shape index (κ3) is 17.0. The van der Waals surface area contributed by atoms with Crippen LogP contribution in [0.4, 0.5) is 0 Å². The predicted octanol–water partition coefficient (Wildman–Crippen LogP) is 2.69. The summed E-state index contributed by atoms with van der Waals surface area (Å²) in [7, 11) is 0. The first-order valence-corrected chi connectivity index (χ1v) is 6.86. The molecule has 1 heteroatoms. The van der Waals surface area contributed by atoms with Gasteiger partial charge in [0, 0.05) is 0 Å². The van der Waals surface area contributed by atoms with Crippen molar-refractivity contribution in [1.82, 2.24) is 0 Å². The standard InChI is InChI=1S/C15H29.Na/c1-3-5-7-9-11-13-15-14-12-10-8-6-4-2;/h3,5H,1,4,6-15H2,2H3;/q-1;+1. The topological polar surface area (TPSA) is 0 Å². The van der Waals surface area contributed by atoms with Gasteiger partial charge < -0.3 is 0 Å². The molecule has 0 aliphatic rings. The van der Waals surface area contributed by atoms with Crippen LogP contribution in [0.2, 0.25) is 0 Å². The van der Waals surface area contributed by atoms with E-state index in [1.807, 2.05) is 6.08 Å². The van der Waals surface area contributed by atoms with Crippen molar-refractivity contribution in [1.29, 1.82) is 0 Å². The van der Waals surface area contributed by atoms with Gasteiger partial charge in [-0.05, 0) is 0 Å². The van der Waals surface area contributed by atoms with Crippen LogP contribution in [-0.4, -0.2) is 0 Å². The Morgan fingerprint density at radius 2 is 1.19 bits per heavy atom. The van der Waals surface area contributed by atoms with E-state index in [0.29, 0.717) is 0 Å². The fourth-order valence-corrected chi connectivity index (χ4v) is 1.87. The van der Waals surface area contributed by atoms with E-state index in [9.17, 15) is 0 Å². The number of allylic oxidation sites excluding steroid dienone is 2. The minimum atomic E-state index is 0. The molecule has 0 N–H and O–H groups in total. The van der Waals surface area contributed by atoms with Gasteiger partial charge in [0.05, 0.1) is 0 Å². The molecule has 16 heavy (non-hydrogen) atoms. The molecule has 0 heterocycles.